The van der Waals surface area contributed by atoms with E-state index in [2.05, 4.69) is 0 Å². The van der Waals surface area contributed by atoms with E-state index in [1.54, 1.807) is 0 Å². The molecule has 0 N–H and O–H groups in total. The van der Waals surface area contributed by atoms with Crippen LogP contribution in [0, 0.1) is 0 Å². The molecule has 0 saturated carbocycles. The molecular formula is C15H16N2O2S. The Labute approximate surface area is 119 Å². The van der Waals surface area contributed by atoms with E-state index in [4.69, 9.17) is 0 Å². The summed E-state index contributed by atoms with van der Waals surface area (Å²) in [7, 11) is -3.54. The molecule has 0 atom stereocenters. The number of hydrogen-bond donors (Lipinski definition) is 0. The van der Waals surface area contributed by atoms with Crippen LogP contribution in [-0.4, -0.2) is 15.0 Å². The average Bonchev–Trinajstić information content (AvgIpc) is 2.68. The highest BCUT2D eigenvalue weighted by Crippen LogP contribution is 2.44. The maximum Gasteiger partial charge on any atom is 0.330 e. The van der Waals surface area contributed by atoms with Gasteiger partial charge in [-0.05, 0) is 30.7 Å². The van der Waals surface area contributed by atoms with Crippen molar-refractivity contribution in [2.45, 2.75) is 13.3 Å². The summed E-state index contributed by atoms with van der Waals surface area (Å²) < 4.78 is 28.5. The van der Waals surface area contributed by atoms with Gasteiger partial charge < -0.3 is 0 Å². The van der Waals surface area contributed by atoms with Gasteiger partial charge in [0, 0.05) is 6.54 Å². The quantitative estimate of drug-likeness (QED) is 0.869. The van der Waals surface area contributed by atoms with Crippen LogP contribution in [0.1, 0.15) is 13.3 Å². The predicted octanol–water partition coefficient (Wildman–Crippen LogP) is 3.30. The maximum atomic E-state index is 12.8. The molecule has 104 valence electrons. The molecule has 20 heavy (non-hydrogen) atoms. The Balaban J connectivity index is 2.20. The number of para-hydroxylation sites is 3. The van der Waals surface area contributed by atoms with Crippen molar-refractivity contribution in [1.29, 1.82) is 0 Å². The molecule has 2 aromatic carbocycles. The third-order valence-corrected chi connectivity index (χ3v) is 5.10. The number of hydrogen-bond acceptors (Lipinski definition) is 2. The smallest absolute Gasteiger partial charge is 0.251 e. The SMILES string of the molecule is CCCN1c2ccccc2N(c2ccccc2)S1(=O)=O. The molecule has 0 fully saturated rings. The van der Waals surface area contributed by atoms with Gasteiger partial charge in [-0.1, -0.05) is 37.3 Å². The van der Waals surface area contributed by atoms with E-state index < -0.39 is 10.2 Å². The van der Waals surface area contributed by atoms with Crippen LogP contribution >= 0.6 is 0 Å². The van der Waals surface area contributed by atoms with Crippen molar-refractivity contribution >= 4 is 27.3 Å². The summed E-state index contributed by atoms with van der Waals surface area (Å²) in [5, 5.41) is 0. The topological polar surface area (TPSA) is 40.6 Å². The molecule has 0 aromatic heterocycles. The molecule has 0 bridgehead atoms. The lowest BCUT2D eigenvalue weighted by molar-refractivity contribution is 0.593. The molecule has 4 nitrogen and oxygen atoms in total. The van der Waals surface area contributed by atoms with Gasteiger partial charge >= 0.3 is 10.2 Å². The van der Waals surface area contributed by atoms with E-state index in [-0.39, 0.29) is 0 Å². The van der Waals surface area contributed by atoms with Crippen LogP contribution in [-0.2, 0) is 10.2 Å². The molecule has 3 rings (SSSR count). The molecule has 2 aromatic rings. The van der Waals surface area contributed by atoms with Crippen LogP contribution in [0.3, 0.4) is 0 Å². The van der Waals surface area contributed by atoms with Crippen LogP contribution < -0.4 is 8.61 Å². The average molecular weight is 288 g/mol. The van der Waals surface area contributed by atoms with Gasteiger partial charge in [0.2, 0.25) is 0 Å². The monoisotopic (exact) mass is 288 g/mol. The molecule has 5 heteroatoms. The third-order valence-electron chi connectivity index (χ3n) is 3.30. The minimum absolute atomic E-state index is 0.489. The fourth-order valence-corrected chi connectivity index (χ4v) is 4.27. The second-order valence-electron chi connectivity index (χ2n) is 4.67. The van der Waals surface area contributed by atoms with Crippen LogP contribution in [0.15, 0.2) is 54.6 Å². The lowest BCUT2D eigenvalue weighted by Gasteiger charge is -2.21. The van der Waals surface area contributed by atoms with Crippen molar-refractivity contribution < 1.29 is 8.42 Å². The summed E-state index contributed by atoms with van der Waals surface area (Å²) in [6.45, 7) is 2.46. The molecular weight excluding hydrogens is 272 g/mol. The van der Waals surface area contributed by atoms with E-state index in [1.807, 2.05) is 61.5 Å². The van der Waals surface area contributed by atoms with E-state index in [0.717, 1.165) is 12.1 Å². The largest absolute Gasteiger partial charge is 0.330 e. The number of rotatable bonds is 3. The van der Waals surface area contributed by atoms with E-state index in [9.17, 15) is 8.42 Å². The number of nitrogens with zero attached hydrogens (tertiary/aromatic N) is 2. The Morgan fingerprint density at radius 2 is 1.50 bits per heavy atom. The maximum absolute atomic E-state index is 12.8. The Morgan fingerprint density at radius 3 is 2.15 bits per heavy atom. The second kappa shape index (κ2) is 4.83. The molecule has 0 aliphatic carbocycles. The van der Waals surface area contributed by atoms with Gasteiger partial charge in [-0.3, -0.25) is 4.31 Å². The Hall–Kier alpha value is -2.01. The highest BCUT2D eigenvalue weighted by Gasteiger charge is 2.40. The summed E-state index contributed by atoms with van der Waals surface area (Å²) in [4.78, 5) is 0. The van der Waals surface area contributed by atoms with Crippen molar-refractivity contribution in [3.05, 3.63) is 54.6 Å². The molecule has 0 amide bonds. The fourth-order valence-electron chi connectivity index (χ4n) is 2.47. The molecule has 1 aliphatic rings. The summed E-state index contributed by atoms with van der Waals surface area (Å²) >= 11 is 0. The number of benzene rings is 2. The van der Waals surface area contributed by atoms with Gasteiger partial charge in [0.25, 0.3) is 0 Å². The van der Waals surface area contributed by atoms with Gasteiger partial charge in [0.15, 0.2) is 0 Å². The van der Waals surface area contributed by atoms with Crippen LogP contribution in [0.5, 0.6) is 0 Å². The predicted molar refractivity (Wildman–Crippen MR) is 81.6 cm³/mol. The van der Waals surface area contributed by atoms with Crippen LogP contribution in [0.2, 0.25) is 0 Å². The zero-order chi connectivity index (χ0) is 14.2. The Morgan fingerprint density at radius 1 is 0.900 bits per heavy atom. The van der Waals surface area contributed by atoms with Gasteiger partial charge in [0.1, 0.15) is 0 Å². The number of anilines is 3. The first-order chi connectivity index (χ1) is 9.66. The van der Waals surface area contributed by atoms with Gasteiger partial charge in [-0.2, -0.15) is 8.42 Å². The summed E-state index contributed by atoms with van der Waals surface area (Å²) in [6.07, 6.45) is 0.774. The normalized spacial score (nSPS) is 16.2. The molecule has 0 unspecified atom stereocenters. The van der Waals surface area contributed by atoms with Crippen molar-refractivity contribution in [2.24, 2.45) is 0 Å². The number of fused-ring (bicyclic) bond motifs is 1. The lowest BCUT2D eigenvalue weighted by Crippen LogP contribution is -2.35. The molecule has 0 spiro atoms. The minimum atomic E-state index is -3.54. The first-order valence-corrected chi connectivity index (χ1v) is 8.03. The van der Waals surface area contributed by atoms with E-state index in [1.165, 1.54) is 8.61 Å². The highest BCUT2D eigenvalue weighted by atomic mass is 32.2. The molecule has 0 radical (unpaired) electrons. The highest BCUT2D eigenvalue weighted by molar-refractivity contribution is 7.95. The van der Waals surface area contributed by atoms with Crippen LogP contribution in [0.4, 0.5) is 17.1 Å². The second-order valence-corrected chi connectivity index (χ2v) is 6.37. The minimum Gasteiger partial charge on any atom is -0.251 e. The third kappa shape index (κ3) is 1.86. The zero-order valence-corrected chi connectivity index (χ0v) is 12.0. The zero-order valence-electron chi connectivity index (χ0n) is 11.2. The van der Waals surface area contributed by atoms with Crippen molar-refractivity contribution in [3.8, 4) is 0 Å². The van der Waals surface area contributed by atoms with Crippen molar-refractivity contribution in [1.82, 2.24) is 0 Å². The first kappa shape index (κ1) is 13.0. The Kier molecular flexibility index (Phi) is 3.14. The lowest BCUT2D eigenvalue weighted by atomic mass is 10.2. The van der Waals surface area contributed by atoms with Crippen molar-refractivity contribution in [2.75, 3.05) is 15.2 Å². The Bertz CT molecular complexity index is 714. The van der Waals surface area contributed by atoms with Gasteiger partial charge in [-0.15, -0.1) is 0 Å². The van der Waals surface area contributed by atoms with E-state index >= 15 is 0 Å². The van der Waals surface area contributed by atoms with E-state index in [0.29, 0.717) is 17.9 Å². The molecule has 1 aliphatic heterocycles. The summed E-state index contributed by atoms with van der Waals surface area (Å²) in [5.74, 6) is 0. The van der Waals surface area contributed by atoms with Gasteiger partial charge in [0.05, 0.1) is 17.1 Å². The van der Waals surface area contributed by atoms with Crippen molar-refractivity contribution in [3.63, 3.8) is 0 Å². The van der Waals surface area contributed by atoms with Gasteiger partial charge in [-0.25, -0.2) is 4.31 Å². The summed E-state index contributed by atoms with van der Waals surface area (Å²) in [5.41, 5.74) is 2.13. The fraction of sp³-hybridized carbons (Fsp3) is 0.200. The van der Waals surface area contributed by atoms with Crippen LogP contribution in [0.25, 0.3) is 0 Å². The standard InChI is InChI=1S/C15H16N2O2S/c1-2-12-16-14-10-6-7-11-15(14)17(20(16,18)19)13-8-4-3-5-9-13/h3-11H,2,12H2,1H3. The summed E-state index contributed by atoms with van der Waals surface area (Å²) in [6, 6.07) is 16.6. The molecule has 1 heterocycles. The first-order valence-electron chi connectivity index (χ1n) is 6.63. The molecule has 0 saturated heterocycles.